The number of carbonyl (C=O) groups is 1. The number of hydrogen-bond acceptors (Lipinski definition) is 6. The number of methoxy groups -OCH3 is 1. The van der Waals surface area contributed by atoms with Crippen molar-refractivity contribution in [1.82, 2.24) is 8.98 Å². The molecule has 2 heterocycles. The highest BCUT2D eigenvalue weighted by atomic mass is 32.2. The molecule has 0 atom stereocenters. The number of halogens is 1. The van der Waals surface area contributed by atoms with E-state index >= 15 is 0 Å². The third-order valence-corrected chi connectivity index (χ3v) is 8.29. The van der Waals surface area contributed by atoms with Crippen LogP contribution >= 0.6 is 0 Å². The van der Waals surface area contributed by atoms with Crippen LogP contribution in [-0.2, 0) is 32.6 Å². The van der Waals surface area contributed by atoms with Gasteiger partial charge in [-0.1, -0.05) is 30.3 Å². The average Bonchev–Trinajstić information content (AvgIpc) is 3.15. The molecule has 3 aromatic carbocycles. The molecular formula is C30H30FN3O5S. The molecule has 0 radical (unpaired) electrons. The molecule has 0 N–H and O–H groups in total. The summed E-state index contributed by atoms with van der Waals surface area (Å²) >= 11 is 0. The van der Waals surface area contributed by atoms with Gasteiger partial charge in [-0.3, -0.25) is 4.79 Å². The summed E-state index contributed by atoms with van der Waals surface area (Å²) in [6.45, 7) is 7.05. The fourth-order valence-corrected chi connectivity index (χ4v) is 6.30. The molecule has 10 heteroatoms. The molecule has 40 heavy (non-hydrogen) atoms. The molecule has 8 nitrogen and oxygen atoms in total. The average molecular weight is 564 g/mol. The van der Waals surface area contributed by atoms with Crippen LogP contribution in [0.15, 0.2) is 76.7 Å². The molecule has 0 saturated heterocycles. The molecular weight excluding hydrogens is 533 g/mol. The Hall–Kier alpha value is -4.18. The lowest BCUT2D eigenvalue weighted by Crippen LogP contribution is -2.33. The maximum absolute atomic E-state index is 14.6. The van der Waals surface area contributed by atoms with Crippen LogP contribution in [-0.4, -0.2) is 41.8 Å². The molecule has 4 aromatic rings. The predicted octanol–water partition coefficient (Wildman–Crippen LogP) is 5.40. The minimum absolute atomic E-state index is 0.0197. The van der Waals surface area contributed by atoms with Gasteiger partial charge in [0.05, 0.1) is 18.6 Å². The largest absolute Gasteiger partial charge is 0.497 e. The van der Waals surface area contributed by atoms with Crippen molar-refractivity contribution >= 4 is 32.6 Å². The Morgan fingerprint density at radius 3 is 2.40 bits per heavy atom. The van der Waals surface area contributed by atoms with E-state index in [2.05, 4.69) is 5.10 Å². The number of hydrogen-bond donors (Lipinski definition) is 0. The van der Waals surface area contributed by atoms with E-state index in [0.717, 1.165) is 4.41 Å². The van der Waals surface area contributed by atoms with Crippen molar-refractivity contribution in [3.63, 3.8) is 0 Å². The molecule has 208 valence electrons. The van der Waals surface area contributed by atoms with Crippen molar-refractivity contribution in [1.29, 1.82) is 0 Å². The van der Waals surface area contributed by atoms with Crippen molar-refractivity contribution in [3.8, 4) is 5.75 Å². The van der Waals surface area contributed by atoms with Gasteiger partial charge in [0.2, 0.25) is 0 Å². The Bertz CT molecular complexity index is 1750. The lowest BCUT2D eigenvalue weighted by Gasteiger charge is -2.27. The van der Waals surface area contributed by atoms with Crippen molar-refractivity contribution in [2.24, 2.45) is 5.10 Å². The first-order valence-corrected chi connectivity index (χ1v) is 14.2. The van der Waals surface area contributed by atoms with E-state index in [9.17, 15) is 17.6 Å². The summed E-state index contributed by atoms with van der Waals surface area (Å²) < 4.78 is 55.5. The molecule has 0 bridgehead atoms. The Labute approximate surface area is 232 Å². The minimum Gasteiger partial charge on any atom is -0.497 e. The number of ether oxygens (including phenoxy) is 2. The number of esters is 1. The number of aromatic nitrogens is 1. The van der Waals surface area contributed by atoms with E-state index in [1.807, 2.05) is 0 Å². The third-order valence-electron chi connectivity index (χ3n) is 6.62. The van der Waals surface area contributed by atoms with Crippen LogP contribution in [0, 0.1) is 12.7 Å². The first-order valence-electron chi connectivity index (χ1n) is 12.7. The zero-order valence-corrected chi connectivity index (χ0v) is 23.8. The number of hydrazone groups is 1. The van der Waals surface area contributed by atoms with Crippen molar-refractivity contribution in [2.45, 2.75) is 51.3 Å². The SMILES string of the molecule is COc1ccc(CN2N=C(c3c(C)n(CC(=O)OC(C)(C)C)c4ccc(F)cc34)c3ccccc3S2(=O)=O)cc1. The first-order chi connectivity index (χ1) is 18.9. The summed E-state index contributed by atoms with van der Waals surface area (Å²) in [6, 6.07) is 18.0. The van der Waals surface area contributed by atoms with Crippen molar-refractivity contribution in [3.05, 3.63) is 94.9 Å². The number of fused-ring (bicyclic) bond motifs is 2. The second kappa shape index (κ2) is 10.1. The molecule has 1 aliphatic rings. The van der Waals surface area contributed by atoms with Gasteiger partial charge in [-0.15, -0.1) is 0 Å². The molecule has 1 aromatic heterocycles. The summed E-state index contributed by atoms with van der Waals surface area (Å²) in [4.78, 5) is 12.9. The maximum atomic E-state index is 14.6. The molecule has 0 fully saturated rings. The van der Waals surface area contributed by atoms with Gasteiger partial charge in [0, 0.05) is 27.7 Å². The summed E-state index contributed by atoms with van der Waals surface area (Å²) in [5.74, 6) is -0.260. The van der Waals surface area contributed by atoms with Crippen molar-refractivity contribution < 1.29 is 27.1 Å². The molecule has 0 saturated carbocycles. The zero-order chi connectivity index (χ0) is 28.8. The number of rotatable bonds is 6. The molecule has 0 aliphatic carbocycles. The zero-order valence-electron chi connectivity index (χ0n) is 22.9. The van der Waals surface area contributed by atoms with Gasteiger partial charge < -0.3 is 14.0 Å². The molecule has 0 spiro atoms. The fourth-order valence-electron chi connectivity index (χ4n) is 4.87. The topological polar surface area (TPSA) is 90.2 Å². The highest BCUT2D eigenvalue weighted by Gasteiger charge is 2.35. The van der Waals surface area contributed by atoms with E-state index < -0.39 is 27.4 Å². The third kappa shape index (κ3) is 5.06. The second-order valence-corrected chi connectivity index (χ2v) is 12.4. The molecule has 0 amide bonds. The van der Waals surface area contributed by atoms with E-state index in [1.54, 1.807) is 87.9 Å². The first kappa shape index (κ1) is 27.4. The maximum Gasteiger partial charge on any atom is 0.326 e. The van der Waals surface area contributed by atoms with E-state index in [-0.39, 0.29) is 18.0 Å². The Morgan fingerprint density at radius 2 is 1.73 bits per heavy atom. The normalized spacial score (nSPS) is 14.6. The monoisotopic (exact) mass is 563 g/mol. The van der Waals surface area contributed by atoms with E-state index in [4.69, 9.17) is 9.47 Å². The molecule has 5 rings (SSSR count). The quantitative estimate of drug-likeness (QED) is 0.293. The van der Waals surface area contributed by atoms with Crippen LogP contribution in [0.25, 0.3) is 10.9 Å². The van der Waals surface area contributed by atoms with Crippen molar-refractivity contribution in [2.75, 3.05) is 7.11 Å². The second-order valence-electron chi connectivity index (χ2n) is 10.6. The van der Waals surface area contributed by atoms with E-state index in [0.29, 0.717) is 44.7 Å². The predicted molar refractivity (Wildman–Crippen MR) is 150 cm³/mol. The van der Waals surface area contributed by atoms with Crippen LogP contribution in [0.3, 0.4) is 0 Å². The molecule has 0 unspecified atom stereocenters. The number of sulfonamides is 1. The lowest BCUT2D eigenvalue weighted by atomic mass is 9.99. The van der Waals surface area contributed by atoms with Gasteiger partial charge in [-0.2, -0.15) is 17.9 Å². The highest BCUT2D eigenvalue weighted by molar-refractivity contribution is 7.89. The van der Waals surface area contributed by atoms with Crippen LogP contribution in [0.1, 0.15) is 43.2 Å². The van der Waals surface area contributed by atoms with Gasteiger partial charge in [0.25, 0.3) is 10.0 Å². The van der Waals surface area contributed by atoms with E-state index in [1.165, 1.54) is 18.2 Å². The van der Waals surface area contributed by atoms with Gasteiger partial charge in [-0.05, 0) is 69.7 Å². The van der Waals surface area contributed by atoms with Crippen LogP contribution in [0.4, 0.5) is 4.39 Å². The lowest BCUT2D eigenvalue weighted by molar-refractivity contribution is -0.155. The summed E-state index contributed by atoms with van der Waals surface area (Å²) in [5.41, 5.74) is 2.58. The minimum atomic E-state index is -3.98. The standard InChI is InChI=1S/C30H30FN3O5S/c1-19-28(24-16-21(31)12-15-25(24)33(19)18-27(35)39-30(2,3)4)29-23-8-6-7-9-26(23)40(36,37)34(32-29)17-20-10-13-22(38-5)14-11-20/h6-16H,17-18H2,1-5H3. The summed E-state index contributed by atoms with van der Waals surface area (Å²) in [7, 11) is -2.43. The van der Waals surface area contributed by atoms with Gasteiger partial charge in [0.15, 0.2) is 0 Å². The summed E-state index contributed by atoms with van der Waals surface area (Å²) in [6.07, 6.45) is 0. The van der Waals surface area contributed by atoms with Crippen LogP contribution in [0.2, 0.25) is 0 Å². The summed E-state index contributed by atoms with van der Waals surface area (Å²) in [5, 5.41) is 5.17. The highest BCUT2D eigenvalue weighted by Crippen LogP contribution is 2.35. The van der Waals surface area contributed by atoms with Gasteiger partial charge in [0.1, 0.15) is 29.4 Å². The fraction of sp³-hybridized carbons (Fsp3) is 0.267. The number of carbonyl (C=O) groups excluding carboxylic acids is 1. The Morgan fingerprint density at radius 1 is 1.02 bits per heavy atom. The van der Waals surface area contributed by atoms with Gasteiger partial charge in [-0.25, -0.2) is 4.39 Å². The Balaban J connectivity index is 1.69. The smallest absolute Gasteiger partial charge is 0.326 e. The number of nitrogens with zero attached hydrogens (tertiary/aromatic N) is 3. The van der Waals surface area contributed by atoms with Gasteiger partial charge >= 0.3 is 5.97 Å². The molecule has 1 aliphatic heterocycles. The van der Waals surface area contributed by atoms with Crippen LogP contribution < -0.4 is 4.74 Å². The number of benzene rings is 3. The van der Waals surface area contributed by atoms with Crippen LogP contribution in [0.5, 0.6) is 5.75 Å². The Kier molecular flexibility index (Phi) is 6.91.